The standard InChI is InChI=1S/C5H8N2O3/c1-10-7-4(8)2-3(6)5(7)9/h3H,2,6H2,1H3/t3-/m1/s1. The van der Waals surface area contributed by atoms with Crippen molar-refractivity contribution in [2.24, 2.45) is 5.73 Å². The Morgan fingerprint density at radius 1 is 1.70 bits per heavy atom. The Balaban J connectivity index is 2.74. The summed E-state index contributed by atoms with van der Waals surface area (Å²) in [5.41, 5.74) is 5.24. The molecule has 0 saturated carbocycles. The SMILES string of the molecule is CON1C(=O)C[C@@H](N)C1=O. The number of hydrogen-bond acceptors (Lipinski definition) is 4. The molecule has 0 bridgehead atoms. The Labute approximate surface area is 57.7 Å². The number of carbonyl (C=O) groups excluding carboxylic acids is 2. The molecule has 1 saturated heterocycles. The predicted octanol–water partition coefficient (Wildman–Crippen LogP) is -1.37. The lowest BCUT2D eigenvalue weighted by molar-refractivity contribution is -0.179. The first kappa shape index (κ1) is 7.17. The Hall–Kier alpha value is -0.940. The molecule has 0 spiro atoms. The van der Waals surface area contributed by atoms with E-state index in [0.717, 1.165) is 0 Å². The van der Waals surface area contributed by atoms with E-state index in [-0.39, 0.29) is 12.3 Å². The van der Waals surface area contributed by atoms with E-state index in [1.807, 2.05) is 0 Å². The third-order valence-electron chi connectivity index (χ3n) is 1.32. The van der Waals surface area contributed by atoms with Crippen LogP contribution in [0.25, 0.3) is 0 Å². The van der Waals surface area contributed by atoms with Gasteiger partial charge in [-0.15, -0.1) is 0 Å². The second-order valence-corrected chi connectivity index (χ2v) is 2.02. The quantitative estimate of drug-likeness (QED) is 0.461. The van der Waals surface area contributed by atoms with Gasteiger partial charge >= 0.3 is 0 Å². The van der Waals surface area contributed by atoms with Crippen molar-refractivity contribution in [2.45, 2.75) is 12.5 Å². The van der Waals surface area contributed by atoms with E-state index in [1.54, 1.807) is 0 Å². The van der Waals surface area contributed by atoms with Gasteiger partial charge in [0.05, 0.1) is 19.6 Å². The molecule has 0 aromatic rings. The zero-order valence-corrected chi connectivity index (χ0v) is 5.53. The molecule has 5 heteroatoms. The lowest BCUT2D eigenvalue weighted by Gasteiger charge is -2.08. The minimum Gasteiger partial charge on any atom is -0.319 e. The molecule has 10 heavy (non-hydrogen) atoms. The maximum Gasteiger partial charge on any atom is 0.270 e. The van der Waals surface area contributed by atoms with Gasteiger partial charge in [0.25, 0.3) is 11.8 Å². The van der Waals surface area contributed by atoms with Gasteiger partial charge in [0, 0.05) is 0 Å². The number of hydrogen-bond donors (Lipinski definition) is 1. The Morgan fingerprint density at radius 3 is 2.50 bits per heavy atom. The highest BCUT2D eigenvalue weighted by molar-refractivity contribution is 6.04. The minimum atomic E-state index is -0.715. The second-order valence-electron chi connectivity index (χ2n) is 2.02. The van der Waals surface area contributed by atoms with Crippen molar-refractivity contribution < 1.29 is 14.4 Å². The maximum absolute atomic E-state index is 10.8. The molecular weight excluding hydrogens is 136 g/mol. The molecule has 1 aliphatic heterocycles. The molecule has 1 fully saturated rings. The molecule has 0 aromatic heterocycles. The molecule has 0 radical (unpaired) electrons. The van der Waals surface area contributed by atoms with Crippen LogP contribution in [0.2, 0.25) is 0 Å². The van der Waals surface area contributed by atoms with Crippen molar-refractivity contribution in [1.82, 2.24) is 5.06 Å². The molecule has 5 nitrogen and oxygen atoms in total. The lowest BCUT2D eigenvalue weighted by Crippen LogP contribution is -2.34. The fourth-order valence-electron chi connectivity index (χ4n) is 0.824. The molecule has 2 amide bonds. The van der Waals surface area contributed by atoms with Crippen molar-refractivity contribution in [3.05, 3.63) is 0 Å². The minimum absolute atomic E-state index is 0.0483. The number of rotatable bonds is 1. The van der Waals surface area contributed by atoms with Crippen molar-refractivity contribution in [3.8, 4) is 0 Å². The van der Waals surface area contributed by atoms with Crippen LogP contribution in [0.5, 0.6) is 0 Å². The average molecular weight is 144 g/mol. The predicted molar refractivity (Wildman–Crippen MR) is 31.5 cm³/mol. The third kappa shape index (κ3) is 0.891. The molecule has 1 heterocycles. The van der Waals surface area contributed by atoms with Crippen LogP contribution in [-0.2, 0) is 14.4 Å². The van der Waals surface area contributed by atoms with Crippen LogP contribution in [0.3, 0.4) is 0 Å². The molecule has 2 N–H and O–H groups in total. The van der Waals surface area contributed by atoms with Gasteiger partial charge in [-0.3, -0.25) is 14.4 Å². The zero-order valence-electron chi connectivity index (χ0n) is 5.53. The number of imide groups is 1. The fourth-order valence-corrected chi connectivity index (χ4v) is 0.824. The van der Waals surface area contributed by atoms with Crippen molar-refractivity contribution >= 4 is 11.8 Å². The molecule has 56 valence electrons. The zero-order chi connectivity index (χ0) is 7.72. The number of hydroxylamine groups is 2. The molecule has 0 aromatic carbocycles. The Kier molecular flexibility index (Phi) is 1.69. The Morgan fingerprint density at radius 2 is 2.30 bits per heavy atom. The van der Waals surface area contributed by atoms with Crippen molar-refractivity contribution in [1.29, 1.82) is 0 Å². The molecule has 0 unspecified atom stereocenters. The smallest absolute Gasteiger partial charge is 0.270 e. The number of nitrogens with two attached hydrogens (primary N) is 1. The summed E-state index contributed by atoms with van der Waals surface area (Å²) in [6, 6.07) is -0.715. The van der Waals surface area contributed by atoms with E-state index >= 15 is 0 Å². The van der Waals surface area contributed by atoms with Crippen molar-refractivity contribution in [2.75, 3.05) is 7.11 Å². The van der Waals surface area contributed by atoms with E-state index in [4.69, 9.17) is 5.73 Å². The Bertz CT molecular complexity index is 180. The summed E-state index contributed by atoms with van der Waals surface area (Å²) < 4.78 is 0. The second kappa shape index (κ2) is 2.36. The normalized spacial score (nSPS) is 26.2. The number of amides is 2. The summed E-state index contributed by atoms with van der Waals surface area (Å²) in [6.45, 7) is 0. The highest BCUT2D eigenvalue weighted by Gasteiger charge is 2.36. The van der Waals surface area contributed by atoms with Crippen molar-refractivity contribution in [3.63, 3.8) is 0 Å². The summed E-state index contributed by atoms with van der Waals surface area (Å²) in [4.78, 5) is 26.0. The van der Waals surface area contributed by atoms with Gasteiger partial charge < -0.3 is 5.73 Å². The van der Waals surface area contributed by atoms with Crippen LogP contribution in [-0.4, -0.2) is 30.0 Å². The number of carbonyl (C=O) groups is 2. The molecule has 0 aliphatic carbocycles. The summed E-state index contributed by atoms with van der Waals surface area (Å²) in [6.07, 6.45) is 0.0483. The van der Waals surface area contributed by atoms with Gasteiger partial charge in [-0.05, 0) is 0 Å². The van der Waals surface area contributed by atoms with Gasteiger partial charge in [-0.2, -0.15) is 5.06 Å². The van der Waals surface area contributed by atoms with Crippen LogP contribution in [0.15, 0.2) is 0 Å². The van der Waals surface area contributed by atoms with Gasteiger partial charge in [0.2, 0.25) is 0 Å². The van der Waals surface area contributed by atoms with Crippen LogP contribution >= 0.6 is 0 Å². The van der Waals surface area contributed by atoms with Crippen LogP contribution in [0.1, 0.15) is 6.42 Å². The topological polar surface area (TPSA) is 72.6 Å². The number of nitrogens with zero attached hydrogens (tertiary/aromatic N) is 1. The van der Waals surface area contributed by atoms with E-state index in [9.17, 15) is 9.59 Å². The molecule has 1 atom stereocenters. The van der Waals surface area contributed by atoms with Gasteiger partial charge in [-0.25, -0.2) is 0 Å². The van der Waals surface area contributed by atoms with Gasteiger partial charge in [0.1, 0.15) is 0 Å². The first-order chi connectivity index (χ1) is 4.66. The van der Waals surface area contributed by atoms with Gasteiger partial charge in [0.15, 0.2) is 0 Å². The lowest BCUT2D eigenvalue weighted by atomic mass is 10.3. The molecule has 1 rings (SSSR count). The van der Waals surface area contributed by atoms with Crippen LogP contribution < -0.4 is 5.73 Å². The summed E-state index contributed by atoms with van der Waals surface area (Å²) in [5.74, 6) is -0.840. The fraction of sp³-hybridized carbons (Fsp3) is 0.600. The first-order valence-corrected chi connectivity index (χ1v) is 2.83. The van der Waals surface area contributed by atoms with E-state index in [2.05, 4.69) is 4.84 Å². The summed E-state index contributed by atoms with van der Waals surface area (Å²) in [5, 5.41) is 0.685. The maximum atomic E-state index is 10.8. The highest BCUT2D eigenvalue weighted by atomic mass is 16.7. The summed E-state index contributed by atoms with van der Waals surface area (Å²) in [7, 11) is 1.26. The monoisotopic (exact) mass is 144 g/mol. The van der Waals surface area contributed by atoms with Crippen LogP contribution in [0.4, 0.5) is 0 Å². The van der Waals surface area contributed by atoms with E-state index in [0.29, 0.717) is 5.06 Å². The van der Waals surface area contributed by atoms with Gasteiger partial charge in [-0.1, -0.05) is 0 Å². The third-order valence-corrected chi connectivity index (χ3v) is 1.32. The highest BCUT2D eigenvalue weighted by Crippen LogP contribution is 2.09. The molecule has 1 aliphatic rings. The molecular formula is C5H8N2O3. The largest absolute Gasteiger partial charge is 0.319 e. The summed E-state index contributed by atoms with van der Waals surface area (Å²) >= 11 is 0. The first-order valence-electron chi connectivity index (χ1n) is 2.83. The van der Waals surface area contributed by atoms with E-state index < -0.39 is 11.9 Å². The average Bonchev–Trinajstić information content (AvgIpc) is 2.09. The van der Waals surface area contributed by atoms with E-state index in [1.165, 1.54) is 7.11 Å². The van der Waals surface area contributed by atoms with Crippen LogP contribution in [0, 0.1) is 0 Å².